The van der Waals surface area contributed by atoms with E-state index in [0.29, 0.717) is 0 Å². The maximum atomic E-state index is 4.22. The van der Waals surface area contributed by atoms with Crippen LogP contribution in [0.25, 0.3) is 0 Å². The van der Waals surface area contributed by atoms with Gasteiger partial charge in [0.15, 0.2) is 0 Å². The van der Waals surface area contributed by atoms with Crippen molar-refractivity contribution in [3.05, 3.63) is 8.94 Å². The third kappa shape index (κ3) is 7.69. The van der Waals surface area contributed by atoms with Crippen molar-refractivity contribution in [3.8, 4) is 0 Å². The Kier molecular flexibility index (Phi) is 8.10. The molecule has 0 aliphatic heterocycles. The summed E-state index contributed by atoms with van der Waals surface area (Å²) in [5.74, 6) is 0. The third-order valence-electron chi connectivity index (χ3n) is 3.25. The van der Waals surface area contributed by atoms with E-state index in [1.54, 1.807) is 0 Å². The van der Waals surface area contributed by atoms with Crippen molar-refractivity contribution in [1.29, 1.82) is 0 Å². The maximum absolute atomic E-state index is 4.22. The van der Waals surface area contributed by atoms with Gasteiger partial charge in [0.1, 0.15) is 0 Å². The fourth-order valence-corrected chi connectivity index (χ4v) is 112. The summed E-state index contributed by atoms with van der Waals surface area (Å²) >= 11 is -7.88. The van der Waals surface area contributed by atoms with Gasteiger partial charge in [0, 0.05) is 0 Å². The van der Waals surface area contributed by atoms with Crippen LogP contribution < -0.4 is 0 Å². The first-order valence-electron chi connectivity index (χ1n) is 7.50. The first-order chi connectivity index (χ1) is 7.97. The van der Waals surface area contributed by atoms with Crippen LogP contribution in [0.3, 0.4) is 0 Å². The Morgan fingerprint density at radius 1 is 0.421 bits per heavy atom. The monoisotopic (exact) mass is 696 g/mol. The molecule has 0 aliphatic carbocycles. The van der Waals surface area contributed by atoms with Crippen LogP contribution in [-0.4, -0.2) is 73.5 Å². The Balaban J connectivity index is 6.49. The molecule has 0 N–H and O–H groups in total. The molecule has 0 saturated carbocycles. The summed E-state index contributed by atoms with van der Waals surface area (Å²) in [4.78, 5) is 31.3. The zero-order valence-corrected chi connectivity index (χ0v) is 26.9. The molecule has 0 aromatic rings. The molecule has 0 spiro atoms. The van der Waals surface area contributed by atoms with Gasteiger partial charge in [0.05, 0.1) is 0 Å². The van der Waals surface area contributed by atoms with Gasteiger partial charge >= 0.3 is 142 Å². The van der Waals surface area contributed by atoms with Gasteiger partial charge < -0.3 is 0 Å². The van der Waals surface area contributed by atoms with E-state index in [2.05, 4.69) is 65.0 Å². The molecule has 4 heteroatoms. The minimum absolute atomic E-state index is 1.94. The van der Waals surface area contributed by atoms with Gasteiger partial charge in [-0.05, 0) is 0 Å². The van der Waals surface area contributed by atoms with Gasteiger partial charge in [-0.25, -0.2) is 0 Å². The molecule has 0 fully saturated rings. The van der Waals surface area contributed by atoms with Gasteiger partial charge in [0.25, 0.3) is 0 Å². The molecule has 0 unspecified atom stereocenters. The molecule has 0 atom stereocenters. The molecule has 0 rings (SSSR count). The molecule has 0 heterocycles. The normalized spacial score (nSPS) is 14.1. The van der Waals surface area contributed by atoms with Gasteiger partial charge in [-0.1, -0.05) is 0 Å². The SMILES string of the molecule is [CH3][Sn]([CH3])([CH3])[C](=C=[C]([Sn]([CH3])([CH3])[CH3])[Sn]([CH3])([CH3])[CH3])[Sn]([CH3])([CH3])[CH3]. The number of rotatable bonds is 4. The van der Waals surface area contributed by atoms with E-state index in [-0.39, 0.29) is 0 Å². The molecule has 0 aliphatic rings. The Hall–Kier alpha value is 2.71. The fraction of sp³-hybridized carbons (Fsp3) is 0.800. The summed E-state index contributed by atoms with van der Waals surface area (Å²) in [6, 6.07) is 0. The first kappa shape index (κ1) is 21.7. The molecule has 0 amide bonds. The molecule has 0 aromatic heterocycles. The number of hydrogen-bond donors (Lipinski definition) is 0. The van der Waals surface area contributed by atoms with Crippen LogP contribution in [0.15, 0.2) is 8.94 Å². The summed E-state index contributed by atoms with van der Waals surface area (Å²) in [6.45, 7) is 0. The molecular formula is C15H36Sn4. The van der Waals surface area contributed by atoms with Gasteiger partial charge in [-0.3, -0.25) is 0 Å². The second-order valence-electron chi connectivity index (χ2n) is 9.88. The van der Waals surface area contributed by atoms with Crippen molar-refractivity contribution in [1.82, 2.24) is 0 Å². The van der Waals surface area contributed by atoms with E-state index < -0.39 is 73.5 Å². The van der Waals surface area contributed by atoms with Crippen molar-refractivity contribution in [3.63, 3.8) is 0 Å². The van der Waals surface area contributed by atoms with Crippen LogP contribution >= 0.6 is 0 Å². The van der Waals surface area contributed by atoms with Crippen molar-refractivity contribution in [2.45, 2.75) is 59.3 Å². The predicted octanol–water partition coefficient (Wildman–Crippen LogP) is 5.95. The van der Waals surface area contributed by atoms with Gasteiger partial charge in [0.2, 0.25) is 0 Å². The van der Waals surface area contributed by atoms with E-state index >= 15 is 0 Å². The standard InChI is InChI=1S/C3.12CH3.4Sn/c1-3-2;;;;;;;;;;;;;;;;/h;12*1H3;;;;. The molecule has 19 heavy (non-hydrogen) atoms. The predicted molar refractivity (Wildman–Crippen MR) is 104 cm³/mol. The summed E-state index contributed by atoms with van der Waals surface area (Å²) in [6.07, 6.45) is 0. The Bertz CT molecular complexity index is 318. The van der Waals surface area contributed by atoms with Crippen LogP contribution in [0.2, 0.25) is 59.3 Å². The van der Waals surface area contributed by atoms with Crippen LogP contribution in [0.5, 0.6) is 0 Å². The average molecular weight is 691 g/mol. The van der Waals surface area contributed by atoms with Crippen LogP contribution in [0, 0.1) is 0 Å². The molecule has 0 nitrogen and oxygen atoms in total. The van der Waals surface area contributed by atoms with Crippen molar-refractivity contribution >= 4 is 73.5 Å². The first-order valence-corrected chi connectivity index (χ1v) is 47.5. The van der Waals surface area contributed by atoms with Crippen LogP contribution in [0.4, 0.5) is 0 Å². The van der Waals surface area contributed by atoms with E-state index in [1.807, 2.05) is 3.21 Å². The quantitative estimate of drug-likeness (QED) is 0.253. The Labute approximate surface area is 139 Å². The second-order valence-corrected chi connectivity index (χ2v) is 75.1. The topological polar surface area (TPSA) is 0 Å². The zero-order valence-electron chi connectivity index (χ0n) is 15.5. The number of hydrogen-bond acceptors (Lipinski definition) is 0. The molecule has 0 bridgehead atoms. The van der Waals surface area contributed by atoms with E-state index in [0.717, 1.165) is 0 Å². The van der Waals surface area contributed by atoms with Crippen molar-refractivity contribution < 1.29 is 0 Å². The molecular weight excluding hydrogens is 655 g/mol. The van der Waals surface area contributed by atoms with E-state index in [4.69, 9.17) is 0 Å². The van der Waals surface area contributed by atoms with Gasteiger partial charge in [-0.15, -0.1) is 0 Å². The molecule has 0 aromatic carbocycles. The summed E-state index contributed by atoms with van der Waals surface area (Å²) in [5, 5.41) is 0. The molecule has 0 radical (unpaired) electrons. The molecule has 0 saturated heterocycles. The Morgan fingerprint density at radius 2 is 0.579 bits per heavy atom. The van der Waals surface area contributed by atoms with E-state index in [1.165, 1.54) is 0 Å². The minimum atomic E-state index is -1.97. The van der Waals surface area contributed by atoms with Crippen molar-refractivity contribution in [2.24, 2.45) is 0 Å². The van der Waals surface area contributed by atoms with Crippen LogP contribution in [0.1, 0.15) is 0 Å². The van der Waals surface area contributed by atoms with E-state index in [9.17, 15) is 0 Å². The summed E-state index contributed by atoms with van der Waals surface area (Å²) < 4.78 is 3.88. The Morgan fingerprint density at radius 3 is 0.684 bits per heavy atom. The third-order valence-corrected chi connectivity index (χ3v) is 79.2. The van der Waals surface area contributed by atoms with Crippen LogP contribution in [-0.2, 0) is 0 Å². The average Bonchev–Trinajstić information content (AvgIpc) is 1.91. The van der Waals surface area contributed by atoms with Gasteiger partial charge in [-0.2, -0.15) is 0 Å². The summed E-state index contributed by atoms with van der Waals surface area (Å²) in [7, 11) is 0. The zero-order chi connectivity index (χ0) is 15.9. The second kappa shape index (κ2) is 7.08. The summed E-state index contributed by atoms with van der Waals surface area (Å²) in [5.41, 5.74) is 4.22. The fourth-order valence-electron chi connectivity index (χ4n) is 3.12. The van der Waals surface area contributed by atoms with Crippen molar-refractivity contribution in [2.75, 3.05) is 0 Å². The molecule has 112 valence electrons.